The number of hydrogen-bond donors (Lipinski definition) is 1. The molecule has 0 radical (unpaired) electrons. The van der Waals surface area contributed by atoms with Gasteiger partial charge in [0.2, 0.25) is 0 Å². The summed E-state index contributed by atoms with van der Waals surface area (Å²) < 4.78 is 1.69. The van der Waals surface area contributed by atoms with E-state index in [2.05, 4.69) is 0 Å². The maximum absolute atomic E-state index is 12.1. The summed E-state index contributed by atoms with van der Waals surface area (Å²) in [4.78, 5) is 12.1. The van der Waals surface area contributed by atoms with Crippen LogP contribution in [0.5, 0.6) is 0 Å². The van der Waals surface area contributed by atoms with E-state index in [9.17, 15) is 4.79 Å². The molecule has 3 nitrogen and oxygen atoms in total. The van der Waals surface area contributed by atoms with Crippen LogP contribution in [0, 0.1) is 6.92 Å². The first-order valence-corrected chi connectivity index (χ1v) is 6.08. The molecule has 0 amide bonds. The van der Waals surface area contributed by atoms with Crippen LogP contribution < -0.4 is 5.56 Å². The zero-order valence-electron chi connectivity index (χ0n) is 10.7. The summed E-state index contributed by atoms with van der Waals surface area (Å²) in [5, 5.41) is 9.12. The Morgan fingerprint density at radius 3 is 2.33 bits per heavy atom. The molecule has 0 spiro atoms. The molecular formula is C15H17NO2. The van der Waals surface area contributed by atoms with Gasteiger partial charge in [-0.25, -0.2) is 0 Å². The van der Waals surface area contributed by atoms with Gasteiger partial charge in [0.25, 0.3) is 5.56 Å². The summed E-state index contributed by atoms with van der Waals surface area (Å²) in [6, 6.07) is 11.7. The molecule has 1 aromatic carbocycles. The maximum Gasteiger partial charge on any atom is 0.256 e. The van der Waals surface area contributed by atoms with Gasteiger partial charge in [0.15, 0.2) is 0 Å². The van der Waals surface area contributed by atoms with E-state index >= 15 is 0 Å². The van der Waals surface area contributed by atoms with Gasteiger partial charge in [-0.2, -0.15) is 0 Å². The van der Waals surface area contributed by atoms with Gasteiger partial charge < -0.3 is 9.67 Å². The number of hydrogen-bond acceptors (Lipinski definition) is 2. The van der Waals surface area contributed by atoms with Crippen molar-refractivity contribution in [2.24, 2.45) is 0 Å². The van der Waals surface area contributed by atoms with E-state index in [0.717, 1.165) is 11.3 Å². The predicted molar refractivity (Wildman–Crippen MR) is 72.5 cm³/mol. The van der Waals surface area contributed by atoms with Crippen molar-refractivity contribution in [3.8, 4) is 11.3 Å². The van der Waals surface area contributed by atoms with Crippen molar-refractivity contribution in [3.63, 3.8) is 0 Å². The minimum absolute atomic E-state index is 0.113. The van der Waals surface area contributed by atoms with Crippen LogP contribution in [0.1, 0.15) is 18.1 Å². The normalized spacial score (nSPS) is 10.6. The summed E-state index contributed by atoms with van der Waals surface area (Å²) in [6.07, 6.45) is 0. The van der Waals surface area contributed by atoms with Crippen molar-refractivity contribution in [1.29, 1.82) is 0 Å². The first kappa shape index (κ1) is 12.6. The molecule has 0 aliphatic rings. The third kappa shape index (κ3) is 2.22. The van der Waals surface area contributed by atoms with E-state index in [-0.39, 0.29) is 12.2 Å². The molecule has 2 aromatic rings. The second-order valence-corrected chi connectivity index (χ2v) is 4.32. The van der Waals surface area contributed by atoms with Gasteiger partial charge in [0, 0.05) is 12.1 Å². The number of nitrogens with zero attached hydrogens (tertiary/aromatic N) is 1. The summed E-state index contributed by atoms with van der Waals surface area (Å²) in [5.41, 5.74) is 3.42. The minimum atomic E-state index is -0.215. The summed E-state index contributed by atoms with van der Waals surface area (Å²) in [5.74, 6) is 0. The van der Waals surface area contributed by atoms with Gasteiger partial charge in [0.05, 0.1) is 12.3 Å². The quantitative estimate of drug-likeness (QED) is 0.899. The van der Waals surface area contributed by atoms with Crippen molar-refractivity contribution < 1.29 is 5.11 Å². The van der Waals surface area contributed by atoms with Gasteiger partial charge in [0.1, 0.15) is 0 Å². The number of aryl methyl sites for hydroxylation is 1. The van der Waals surface area contributed by atoms with E-state index in [1.807, 2.05) is 44.2 Å². The van der Waals surface area contributed by atoms with Crippen molar-refractivity contribution in [3.05, 3.63) is 57.9 Å². The highest BCUT2D eigenvalue weighted by atomic mass is 16.3. The molecule has 0 unspecified atom stereocenters. The van der Waals surface area contributed by atoms with Crippen molar-refractivity contribution >= 4 is 0 Å². The predicted octanol–water partition coefficient (Wildman–Crippen LogP) is 2.34. The average Bonchev–Trinajstić information content (AvgIpc) is 2.39. The third-order valence-corrected chi connectivity index (χ3v) is 3.09. The Morgan fingerprint density at radius 1 is 1.11 bits per heavy atom. The molecule has 0 aliphatic heterocycles. The first-order chi connectivity index (χ1) is 8.67. The van der Waals surface area contributed by atoms with Gasteiger partial charge in [-0.05, 0) is 31.5 Å². The molecule has 2 rings (SSSR count). The number of benzene rings is 1. The second kappa shape index (κ2) is 5.19. The zero-order valence-corrected chi connectivity index (χ0v) is 10.7. The molecule has 1 N–H and O–H groups in total. The van der Waals surface area contributed by atoms with Gasteiger partial charge in [-0.3, -0.25) is 4.79 Å². The van der Waals surface area contributed by atoms with Crippen LogP contribution in [-0.2, 0) is 13.2 Å². The maximum atomic E-state index is 12.1. The smallest absolute Gasteiger partial charge is 0.256 e. The molecule has 0 fully saturated rings. The van der Waals surface area contributed by atoms with Crippen LogP contribution in [0.15, 0.2) is 41.2 Å². The Bertz CT molecular complexity index is 597. The number of aromatic nitrogens is 1. The number of aliphatic hydroxyl groups is 1. The van der Waals surface area contributed by atoms with Crippen molar-refractivity contribution in [2.75, 3.05) is 0 Å². The standard InChI is InChI=1S/C15H17NO2/c1-3-16-14(9-8-13(10-17)15(16)18)12-6-4-11(2)5-7-12/h4-9,17H,3,10H2,1-2H3. The Balaban J connectivity index is 2.61. The minimum Gasteiger partial charge on any atom is -0.391 e. The van der Waals surface area contributed by atoms with E-state index in [0.29, 0.717) is 12.1 Å². The molecule has 0 saturated carbocycles. The van der Waals surface area contributed by atoms with E-state index in [4.69, 9.17) is 5.11 Å². The molecular weight excluding hydrogens is 226 g/mol. The zero-order chi connectivity index (χ0) is 13.1. The molecule has 0 saturated heterocycles. The number of rotatable bonds is 3. The fourth-order valence-corrected chi connectivity index (χ4v) is 2.03. The lowest BCUT2D eigenvalue weighted by Crippen LogP contribution is -2.24. The van der Waals surface area contributed by atoms with Gasteiger partial charge >= 0.3 is 0 Å². The Labute approximate surface area is 106 Å². The van der Waals surface area contributed by atoms with Crippen LogP contribution in [0.25, 0.3) is 11.3 Å². The van der Waals surface area contributed by atoms with Gasteiger partial charge in [-0.1, -0.05) is 29.8 Å². The lowest BCUT2D eigenvalue weighted by molar-refractivity contribution is 0.279. The molecule has 1 heterocycles. The van der Waals surface area contributed by atoms with Crippen molar-refractivity contribution in [1.82, 2.24) is 4.57 Å². The topological polar surface area (TPSA) is 42.2 Å². The van der Waals surface area contributed by atoms with E-state index < -0.39 is 0 Å². The lowest BCUT2D eigenvalue weighted by Gasteiger charge is -2.12. The Morgan fingerprint density at radius 2 is 1.78 bits per heavy atom. The highest BCUT2D eigenvalue weighted by molar-refractivity contribution is 5.60. The first-order valence-electron chi connectivity index (χ1n) is 6.08. The van der Waals surface area contributed by atoms with Crippen LogP contribution in [-0.4, -0.2) is 9.67 Å². The summed E-state index contributed by atoms with van der Waals surface area (Å²) >= 11 is 0. The Hall–Kier alpha value is -1.87. The molecule has 18 heavy (non-hydrogen) atoms. The van der Waals surface area contributed by atoms with Gasteiger partial charge in [-0.15, -0.1) is 0 Å². The van der Waals surface area contributed by atoms with Crippen LogP contribution in [0.3, 0.4) is 0 Å². The molecule has 0 atom stereocenters. The van der Waals surface area contributed by atoms with Crippen LogP contribution in [0.2, 0.25) is 0 Å². The number of pyridine rings is 1. The van der Waals surface area contributed by atoms with E-state index in [1.54, 1.807) is 10.6 Å². The third-order valence-electron chi connectivity index (χ3n) is 3.09. The fraction of sp³-hybridized carbons (Fsp3) is 0.267. The molecule has 0 aliphatic carbocycles. The molecule has 1 aromatic heterocycles. The SMILES string of the molecule is CCn1c(-c2ccc(C)cc2)ccc(CO)c1=O. The fourth-order valence-electron chi connectivity index (χ4n) is 2.03. The molecule has 94 valence electrons. The molecule has 0 bridgehead atoms. The number of aliphatic hydroxyl groups excluding tert-OH is 1. The highest BCUT2D eigenvalue weighted by Crippen LogP contribution is 2.19. The summed E-state index contributed by atoms with van der Waals surface area (Å²) in [6.45, 7) is 4.34. The van der Waals surface area contributed by atoms with Crippen LogP contribution in [0.4, 0.5) is 0 Å². The Kier molecular flexibility index (Phi) is 3.63. The van der Waals surface area contributed by atoms with Crippen LogP contribution >= 0.6 is 0 Å². The largest absolute Gasteiger partial charge is 0.391 e. The summed E-state index contributed by atoms with van der Waals surface area (Å²) in [7, 11) is 0. The lowest BCUT2D eigenvalue weighted by atomic mass is 10.1. The second-order valence-electron chi connectivity index (χ2n) is 4.32. The average molecular weight is 243 g/mol. The van der Waals surface area contributed by atoms with E-state index in [1.165, 1.54) is 5.56 Å². The van der Waals surface area contributed by atoms with Crippen molar-refractivity contribution in [2.45, 2.75) is 27.0 Å². The molecule has 3 heteroatoms. The monoisotopic (exact) mass is 243 g/mol. The highest BCUT2D eigenvalue weighted by Gasteiger charge is 2.08.